The number of hydrogen-bond donors (Lipinski definition) is 3. The third-order valence-electron chi connectivity index (χ3n) is 6.45. The molecule has 12 heteroatoms. The molecule has 3 aromatic heterocycles. The molecule has 2 unspecified atom stereocenters. The van der Waals surface area contributed by atoms with Crippen molar-refractivity contribution in [3.63, 3.8) is 0 Å². The maximum absolute atomic E-state index is 13.5. The van der Waals surface area contributed by atoms with Gasteiger partial charge in [-0.15, -0.1) is 0 Å². The molecule has 1 aliphatic rings. The van der Waals surface area contributed by atoms with Crippen LogP contribution in [0.25, 0.3) is 16.6 Å². The SMILES string of the molecule is CS(=O)(=O)c1cc(C2(NC(=O)c3cncc4c3cnn4-c3ccc(F)cc3)CC2[C@H](O)CO)ccn1. The average Bonchev–Trinajstić information content (AvgIpc) is 3.43. The zero-order chi connectivity index (χ0) is 25.7. The molecule has 36 heavy (non-hydrogen) atoms. The molecule has 1 aromatic carbocycles. The van der Waals surface area contributed by atoms with Gasteiger partial charge in [0.25, 0.3) is 5.91 Å². The minimum atomic E-state index is -3.62. The topological polar surface area (TPSA) is 147 Å². The van der Waals surface area contributed by atoms with Crippen LogP contribution in [0.15, 0.2) is 66.2 Å². The average molecular weight is 512 g/mol. The third-order valence-corrected chi connectivity index (χ3v) is 7.43. The number of aliphatic hydroxyl groups excluding tert-OH is 2. The van der Waals surface area contributed by atoms with Crippen molar-refractivity contribution in [2.45, 2.75) is 23.1 Å². The maximum atomic E-state index is 13.5. The number of benzene rings is 1. The monoisotopic (exact) mass is 511 g/mol. The molecule has 3 N–H and O–H groups in total. The standard InChI is InChI=1S/C24H22FN5O5S/c1-36(34,35)22-8-14(6-7-27-22)24(9-19(24)21(32)13-31)29-23(33)18-10-26-12-20-17(18)11-28-30(20)16-4-2-15(25)3-5-16/h2-8,10-12,19,21,31-32H,9,13H2,1H3,(H,29,33)/t19?,21-,24?/m1/s1. The molecule has 1 aliphatic carbocycles. The number of halogens is 1. The lowest BCUT2D eigenvalue weighted by Gasteiger charge is -2.22. The fourth-order valence-corrected chi connectivity index (χ4v) is 5.09. The zero-order valence-corrected chi connectivity index (χ0v) is 19.9. The molecule has 0 bridgehead atoms. The highest BCUT2D eigenvalue weighted by Crippen LogP contribution is 2.54. The van der Waals surface area contributed by atoms with Gasteiger partial charge >= 0.3 is 0 Å². The van der Waals surface area contributed by atoms with Crippen LogP contribution in [0, 0.1) is 11.7 Å². The zero-order valence-electron chi connectivity index (χ0n) is 19.0. The summed E-state index contributed by atoms with van der Waals surface area (Å²) in [6, 6.07) is 8.65. The molecule has 4 aromatic rings. The largest absolute Gasteiger partial charge is 0.394 e. The Kier molecular flexibility index (Phi) is 5.81. The molecule has 1 amide bonds. The van der Waals surface area contributed by atoms with Gasteiger partial charge < -0.3 is 15.5 Å². The van der Waals surface area contributed by atoms with E-state index in [1.807, 2.05) is 0 Å². The van der Waals surface area contributed by atoms with E-state index >= 15 is 0 Å². The van der Waals surface area contributed by atoms with Crippen molar-refractivity contribution in [1.82, 2.24) is 25.1 Å². The fraction of sp³-hybridized carbons (Fsp3) is 0.250. The van der Waals surface area contributed by atoms with Crippen LogP contribution in [0.1, 0.15) is 22.3 Å². The van der Waals surface area contributed by atoms with E-state index in [1.54, 1.807) is 18.2 Å². The van der Waals surface area contributed by atoms with Crippen molar-refractivity contribution in [2.24, 2.45) is 5.92 Å². The summed E-state index contributed by atoms with van der Waals surface area (Å²) < 4.78 is 39.0. The number of aliphatic hydroxyl groups is 2. The first-order valence-corrected chi connectivity index (χ1v) is 12.9. The number of nitrogens with one attached hydrogen (secondary N) is 1. The Morgan fingerprint density at radius 1 is 1.25 bits per heavy atom. The van der Waals surface area contributed by atoms with Crippen molar-refractivity contribution >= 4 is 26.6 Å². The van der Waals surface area contributed by atoms with Crippen LogP contribution in [-0.2, 0) is 15.4 Å². The Hall–Kier alpha value is -3.74. The smallest absolute Gasteiger partial charge is 0.254 e. The van der Waals surface area contributed by atoms with Crippen LogP contribution in [0.5, 0.6) is 0 Å². The van der Waals surface area contributed by atoms with Crippen molar-refractivity contribution in [3.05, 3.63) is 78.1 Å². The second kappa shape index (κ2) is 8.73. The first kappa shape index (κ1) is 24.0. The summed E-state index contributed by atoms with van der Waals surface area (Å²) >= 11 is 0. The summed E-state index contributed by atoms with van der Waals surface area (Å²) in [5.74, 6) is -1.45. The maximum Gasteiger partial charge on any atom is 0.254 e. The molecule has 3 atom stereocenters. The molecule has 10 nitrogen and oxygen atoms in total. The van der Waals surface area contributed by atoms with E-state index in [0.29, 0.717) is 22.2 Å². The van der Waals surface area contributed by atoms with Gasteiger partial charge in [0.2, 0.25) is 0 Å². The highest BCUT2D eigenvalue weighted by Gasteiger charge is 2.59. The number of hydrogen-bond acceptors (Lipinski definition) is 8. The molecular formula is C24H22FN5O5S. The van der Waals surface area contributed by atoms with Crippen LogP contribution in [0.4, 0.5) is 4.39 Å². The van der Waals surface area contributed by atoms with Crippen molar-refractivity contribution in [2.75, 3.05) is 12.9 Å². The van der Waals surface area contributed by atoms with E-state index in [1.165, 1.54) is 47.7 Å². The summed E-state index contributed by atoms with van der Waals surface area (Å²) in [6.45, 7) is -0.520. The van der Waals surface area contributed by atoms with Gasteiger partial charge in [-0.25, -0.2) is 22.5 Å². The molecular weight excluding hydrogens is 489 g/mol. The number of amides is 1. The van der Waals surface area contributed by atoms with Crippen LogP contribution < -0.4 is 5.32 Å². The lowest BCUT2D eigenvalue weighted by Crippen LogP contribution is -2.39. The lowest BCUT2D eigenvalue weighted by atomic mass is 10.00. The van der Waals surface area contributed by atoms with Gasteiger partial charge in [-0.3, -0.25) is 9.78 Å². The van der Waals surface area contributed by atoms with E-state index < -0.39 is 45.7 Å². The number of carbonyl (C=O) groups is 1. The summed E-state index contributed by atoms with van der Waals surface area (Å²) in [4.78, 5) is 21.6. The molecule has 1 fully saturated rings. The van der Waals surface area contributed by atoms with Gasteiger partial charge in [-0.1, -0.05) is 0 Å². The van der Waals surface area contributed by atoms with E-state index in [0.717, 1.165) is 6.26 Å². The predicted octanol–water partition coefficient (Wildman–Crippen LogP) is 1.36. The van der Waals surface area contributed by atoms with E-state index in [2.05, 4.69) is 20.4 Å². The molecule has 186 valence electrons. The first-order valence-electron chi connectivity index (χ1n) is 11.0. The second-order valence-corrected chi connectivity index (χ2v) is 10.8. The van der Waals surface area contributed by atoms with Crippen molar-refractivity contribution in [3.8, 4) is 5.69 Å². The van der Waals surface area contributed by atoms with Gasteiger partial charge in [-0.05, 0) is 48.4 Å². The van der Waals surface area contributed by atoms with Crippen molar-refractivity contribution < 1.29 is 27.8 Å². The summed E-state index contributed by atoms with van der Waals surface area (Å²) in [6.07, 6.45) is 5.94. The van der Waals surface area contributed by atoms with Gasteiger partial charge in [-0.2, -0.15) is 5.10 Å². The van der Waals surface area contributed by atoms with E-state index in [9.17, 15) is 27.8 Å². The summed E-state index contributed by atoms with van der Waals surface area (Å²) in [5, 5.41) is 27.4. The molecule has 0 saturated heterocycles. The number of fused-ring (bicyclic) bond motifs is 1. The van der Waals surface area contributed by atoms with Crippen molar-refractivity contribution in [1.29, 1.82) is 0 Å². The van der Waals surface area contributed by atoms with E-state index in [-0.39, 0.29) is 17.0 Å². The fourth-order valence-electron chi connectivity index (χ4n) is 4.50. The Bertz CT molecular complexity index is 1570. The summed E-state index contributed by atoms with van der Waals surface area (Å²) in [5.41, 5.74) is 0.652. The Balaban J connectivity index is 1.53. The van der Waals surface area contributed by atoms with Crippen LogP contribution >= 0.6 is 0 Å². The highest BCUT2D eigenvalue weighted by atomic mass is 32.2. The molecule has 5 rings (SSSR count). The van der Waals surface area contributed by atoms with E-state index in [4.69, 9.17) is 0 Å². The quantitative estimate of drug-likeness (QED) is 0.337. The van der Waals surface area contributed by atoms with Crippen LogP contribution in [0.2, 0.25) is 0 Å². The highest BCUT2D eigenvalue weighted by molar-refractivity contribution is 7.90. The molecule has 1 saturated carbocycles. The summed E-state index contributed by atoms with van der Waals surface area (Å²) in [7, 11) is -3.62. The van der Waals surface area contributed by atoms with Gasteiger partial charge in [0.05, 0.1) is 47.4 Å². The predicted molar refractivity (Wildman–Crippen MR) is 127 cm³/mol. The second-order valence-electron chi connectivity index (χ2n) is 8.79. The Morgan fingerprint density at radius 3 is 2.69 bits per heavy atom. The number of nitrogens with zero attached hydrogens (tertiary/aromatic N) is 4. The van der Waals surface area contributed by atoms with Gasteiger partial charge in [0.15, 0.2) is 14.9 Å². The molecule has 0 radical (unpaired) electrons. The molecule has 0 aliphatic heterocycles. The number of aromatic nitrogens is 4. The minimum Gasteiger partial charge on any atom is -0.394 e. The van der Waals surface area contributed by atoms with Crippen LogP contribution in [0.3, 0.4) is 0 Å². The Morgan fingerprint density at radius 2 is 2.00 bits per heavy atom. The first-order chi connectivity index (χ1) is 17.1. The third kappa shape index (κ3) is 4.12. The lowest BCUT2D eigenvalue weighted by molar-refractivity contribution is 0.0664. The molecule has 3 heterocycles. The number of carbonyl (C=O) groups excluding carboxylic acids is 1. The van der Waals surface area contributed by atoms with Crippen LogP contribution in [-0.4, -0.2) is 63.3 Å². The Labute approximate surface area is 205 Å². The van der Waals surface area contributed by atoms with Gasteiger partial charge in [0.1, 0.15) is 5.82 Å². The number of pyridine rings is 2. The molecule has 0 spiro atoms. The van der Waals surface area contributed by atoms with Gasteiger partial charge in [0, 0.05) is 30.0 Å². The minimum absolute atomic E-state index is 0.165. The normalized spacial score (nSPS) is 20.3. The number of sulfone groups is 1. The number of rotatable bonds is 7.